The van der Waals surface area contributed by atoms with Crippen LogP contribution in [0.1, 0.15) is 28.8 Å². The van der Waals surface area contributed by atoms with Crippen molar-refractivity contribution in [1.29, 1.82) is 0 Å². The smallest absolute Gasteiger partial charge is 0.273 e. The highest BCUT2D eigenvalue weighted by Crippen LogP contribution is 2.28. The predicted molar refractivity (Wildman–Crippen MR) is 121 cm³/mol. The molecule has 0 aliphatic carbocycles. The molecule has 164 valence electrons. The van der Waals surface area contributed by atoms with Gasteiger partial charge >= 0.3 is 0 Å². The van der Waals surface area contributed by atoms with Crippen LogP contribution in [-0.2, 0) is 6.54 Å². The predicted octanol–water partition coefficient (Wildman–Crippen LogP) is 5.05. The topological polar surface area (TPSA) is 66.7 Å². The van der Waals surface area contributed by atoms with Gasteiger partial charge in [-0.05, 0) is 49.2 Å². The van der Waals surface area contributed by atoms with Gasteiger partial charge < -0.3 is 4.90 Å². The number of anilines is 1. The van der Waals surface area contributed by atoms with Crippen LogP contribution >= 0.6 is 0 Å². The average Bonchev–Trinajstić information content (AvgIpc) is 2.82. The third kappa shape index (κ3) is 4.84. The molecular formula is C25H24FN3O3. The lowest BCUT2D eigenvalue weighted by Gasteiger charge is -2.38. The molecule has 1 saturated heterocycles. The highest BCUT2D eigenvalue weighted by Gasteiger charge is 2.30. The van der Waals surface area contributed by atoms with Crippen molar-refractivity contribution in [3.8, 4) is 0 Å². The number of hydrogen-bond donors (Lipinski definition) is 0. The summed E-state index contributed by atoms with van der Waals surface area (Å²) in [6, 6.07) is 21.8. The van der Waals surface area contributed by atoms with Crippen LogP contribution in [0.4, 0.5) is 15.8 Å². The lowest BCUT2D eigenvalue weighted by Crippen LogP contribution is -2.47. The molecule has 6 nitrogen and oxygen atoms in total. The number of rotatable bonds is 6. The number of nitro groups is 1. The molecule has 3 aromatic carbocycles. The van der Waals surface area contributed by atoms with Gasteiger partial charge in [-0.25, -0.2) is 4.39 Å². The number of benzene rings is 3. The van der Waals surface area contributed by atoms with Crippen molar-refractivity contribution in [1.82, 2.24) is 4.90 Å². The molecule has 0 aromatic heterocycles. The Morgan fingerprint density at radius 3 is 2.25 bits per heavy atom. The maximum atomic E-state index is 13.5. The second kappa shape index (κ2) is 9.70. The Morgan fingerprint density at radius 2 is 1.59 bits per heavy atom. The van der Waals surface area contributed by atoms with E-state index in [1.165, 1.54) is 18.2 Å². The van der Waals surface area contributed by atoms with Crippen molar-refractivity contribution >= 4 is 17.3 Å². The van der Waals surface area contributed by atoms with Crippen molar-refractivity contribution in [2.45, 2.75) is 25.4 Å². The van der Waals surface area contributed by atoms with Crippen molar-refractivity contribution in [2.24, 2.45) is 0 Å². The van der Waals surface area contributed by atoms with Crippen LogP contribution in [0.5, 0.6) is 0 Å². The first kappa shape index (κ1) is 21.6. The van der Waals surface area contributed by atoms with Crippen LogP contribution in [0.2, 0.25) is 0 Å². The summed E-state index contributed by atoms with van der Waals surface area (Å²) in [6.45, 7) is 1.90. The van der Waals surface area contributed by atoms with E-state index in [1.54, 1.807) is 41.3 Å². The van der Waals surface area contributed by atoms with E-state index >= 15 is 0 Å². The molecule has 0 radical (unpaired) electrons. The highest BCUT2D eigenvalue weighted by molar-refractivity contribution is 6.06. The molecule has 1 aliphatic heterocycles. The molecular weight excluding hydrogens is 409 g/mol. The van der Waals surface area contributed by atoms with E-state index in [9.17, 15) is 19.3 Å². The highest BCUT2D eigenvalue weighted by atomic mass is 19.1. The first-order chi connectivity index (χ1) is 15.5. The summed E-state index contributed by atoms with van der Waals surface area (Å²) in [5, 5.41) is 11.3. The molecule has 7 heteroatoms. The Kier molecular flexibility index (Phi) is 6.56. The summed E-state index contributed by atoms with van der Waals surface area (Å²) in [5.74, 6) is -0.463. The van der Waals surface area contributed by atoms with Crippen LogP contribution in [0, 0.1) is 15.9 Å². The SMILES string of the molecule is O=C(c1ccccc1)N(c1ccc(F)cc1)C1CCN(Cc2ccccc2[N+](=O)[O-])CC1. The zero-order valence-corrected chi connectivity index (χ0v) is 17.6. The number of para-hydroxylation sites is 1. The zero-order valence-electron chi connectivity index (χ0n) is 17.6. The Bertz CT molecular complexity index is 1080. The van der Waals surface area contributed by atoms with Crippen LogP contribution < -0.4 is 4.90 Å². The molecule has 3 aromatic rings. The van der Waals surface area contributed by atoms with E-state index in [0.717, 1.165) is 12.8 Å². The van der Waals surface area contributed by atoms with E-state index in [1.807, 2.05) is 24.3 Å². The maximum Gasteiger partial charge on any atom is 0.273 e. The summed E-state index contributed by atoms with van der Waals surface area (Å²) >= 11 is 0. The number of nitro benzene ring substituents is 1. The number of halogens is 1. The van der Waals surface area contributed by atoms with Crippen molar-refractivity contribution in [3.63, 3.8) is 0 Å². The Hall–Kier alpha value is -3.58. The molecule has 32 heavy (non-hydrogen) atoms. The normalized spacial score (nSPS) is 14.8. The fourth-order valence-corrected chi connectivity index (χ4v) is 4.21. The second-order valence-corrected chi connectivity index (χ2v) is 7.91. The molecule has 0 N–H and O–H groups in total. The van der Waals surface area contributed by atoms with Crippen LogP contribution in [-0.4, -0.2) is 34.9 Å². The molecule has 0 atom stereocenters. The van der Waals surface area contributed by atoms with Crippen LogP contribution in [0.25, 0.3) is 0 Å². The van der Waals surface area contributed by atoms with Gasteiger partial charge in [-0.3, -0.25) is 19.8 Å². The second-order valence-electron chi connectivity index (χ2n) is 7.91. The third-order valence-corrected chi connectivity index (χ3v) is 5.85. The van der Waals surface area contributed by atoms with Gasteiger partial charge in [0.05, 0.1) is 4.92 Å². The standard InChI is InChI=1S/C25H24FN3O3/c26-21-10-12-22(13-11-21)28(25(30)19-6-2-1-3-7-19)23-14-16-27(17-15-23)18-20-8-4-5-9-24(20)29(31)32/h1-13,23H,14-18H2. The zero-order chi connectivity index (χ0) is 22.5. The molecule has 4 rings (SSSR count). The Balaban J connectivity index is 1.51. The van der Waals surface area contributed by atoms with Gasteiger partial charge in [0.15, 0.2) is 0 Å². The van der Waals surface area contributed by atoms with E-state index in [2.05, 4.69) is 4.90 Å². The molecule has 0 bridgehead atoms. The minimum absolute atomic E-state index is 0.0461. The number of piperidine rings is 1. The number of hydrogen-bond acceptors (Lipinski definition) is 4. The van der Waals surface area contributed by atoms with Gasteiger partial charge in [-0.15, -0.1) is 0 Å². The van der Waals surface area contributed by atoms with Gasteiger partial charge in [0.2, 0.25) is 0 Å². The van der Waals surface area contributed by atoms with Gasteiger partial charge in [0, 0.05) is 48.6 Å². The van der Waals surface area contributed by atoms with Gasteiger partial charge in [-0.2, -0.15) is 0 Å². The summed E-state index contributed by atoms with van der Waals surface area (Å²) < 4.78 is 13.5. The molecule has 1 aliphatic rings. The summed E-state index contributed by atoms with van der Waals surface area (Å²) in [5.41, 5.74) is 2.06. The molecule has 1 fully saturated rings. The number of carbonyl (C=O) groups excluding carboxylic acids is 1. The molecule has 1 amide bonds. The lowest BCUT2D eigenvalue weighted by atomic mass is 10.00. The summed E-state index contributed by atoms with van der Waals surface area (Å²) in [7, 11) is 0. The lowest BCUT2D eigenvalue weighted by molar-refractivity contribution is -0.385. The van der Waals surface area contributed by atoms with Crippen LogP contribution in [0.3, 0.4) is 0 Å². The fraction of sp³-hybridized carbons (Fsp3) is 0.240. The molecule has 0 unspecified atom stereocenters. The minimum atomic E-state index is -0.350. The first-order valence-electron chi connectivity index (χ1n) is 10.6. The van der Waals surface area contributed by atoms with Gasteiger partial charge in [-0.1, -0.05) is 36.4 Å². The van der Waals surface area contributed by atoms with E-state index in [0.29, 0.717) is 36.4 Å². The maximum absolute atomic E-state index is 13.5. The number of amides is 1. The number of nitrogens with zero attached hydrogens (tertiary/aromatic N) is 3. The molecule has 0 saturated carbocycles. The van der Waals surface area contributed by atoms with Gasteiger partial charge in [0.25, 0.3) is 11.6 Å². The summed E-state index contributed by atoms with van der Waals surface area (Å²) in [4.78, 5) is 28.3. The van der Waals surface area contributed by atoms with Crippen molar-refractivity contribution in [2.75, 3.05) is 18.0 Å². The van der Waals surface area contributed by atoms with E-state index in [-0.39, 0.29) is 28.4 Å². The Labute approximate surface area is 186 Å². The molecule has 0 spiro atoms. The van der Waals surface area contributed by atoms with Crippen molar-refractivity contribution in [3.05, 3.63) is 106 Å². The quantitative estimate of drug-likeness (QED) is 0.403. The fourth-order valence-electron chi connectivity index (χ4n) is 4.21. The third-order valence-electron chi connectivity index (χ3n) is 5.85. The van der Waals surface area contributed by atoms with Gasteiger partial charge in [0.1, 0.15) is 5.82 Å². The van der Waals surface area contributed by atoms with Crippen molar-refractivity contribution < 1.29 is 14.1 Å². The van der Waals surface area contributed by atoms with E-state index in [4.69, 9.17) is 0 Å². The Morgan fingerprint density at radius 1 is 0.969 bits per heavy atom. The summed E-state index contributed by atoms with van der Waals surface area (Å²) in [6.07, 6.45) is 1.44. The largest absolute Gasteiger partial charge is 0.305 e. The number of carbonyl (C=O) groups is 1. The minimum Gasteiger partial charge on any atom is -0.305 e. The first-order valence-corrected chi connectivity index (χ1v) is 10.6. The number of likely N-dealkylation sites (tertiary alicyclic amines) is 1. The van der Waals surface area contributed by atoms with Crippen LogP contribution in [0.15, 0.2) is 78.9 Å². The monoisotopic (exact) mass is 433 g/mol. The van der Waals surface area contributed by atoms with E-state index < -0.39 is 0 Å². The molecule has 1 heterocycles. The average molecular weight is 433 g/mol.